The fraction of sp³-hybridized carbons (Fsp3) is 0.750. The van der Waals surface area contributed by atoms with Crippen molar-refractivity contribution in [2.45, 2.75) is 53.5 Å². The first-order chi connectivity index (χ1) is 7.73. The molecule has 0 atom stereocenters. The van der Waals surface area contributed by atoms with E-state index in [4.69, 9.17) is 5.11 Å². The first kappa shape index (κ1) is 13.7. The van der Waals surface area contributed by atoms with Gasteiger partial charge in [0.1, 0.15) is 11.6 Å². The molecular formula is C12H21N3O2. The van der Waals surface area contributed by atoms with Crippen LogP contribution in [0.2, 0.25) is 0 Å². The minimum absolute atomic E-state index is 0.136. The third-order valence-electron chi connectivity index (χ3n) is 2.72. The highest BCUT2D eigenvalue weighted by Gasteiger charge is 2.25. The minimum atomic E-state index is -0.776. The Morgan fingerprint density at radius 2 is 2.00 bits per heavy atom. The molecule has 96 valence electrons. The molecule has 17 heavy (non-hydrogen) atoms. The van der Waals surface area contributed by atoms with Gasteiger partial charge in [-0.2, -0.15) is 0 Å². The molecule has 0 fully saturated rings. The predicted octanol–water partition coefficient (Wildman–Crippen LogP) is 2.21. The normalized spacial score (nSPS) is 12.1. The largest absolute Gasteiger partial charge is 0.481 e. The molecule has 0 spiro atoms. The fourth-order valence-electron chi connectivity index (χ4n) is 2.11. The van der Waals surface area contributed by atoms with Crippen LogP contribution in [0.1, 0.15) is 51.8 Å². The van der Waals surface area contributed by atoms with Crippen molar-refractivity contribution >= 4 is 5.97 Å². The lowest BCUT2D eigenvalue weighted by Crippen LogP contribution is -2.22. The van der Waals surface area contributed by atoms with E-state index in [1.54, 1.807) is 0 Å². The van der Waals surface area contributed by atoms with Crippen molar-refractivity contribution in [3.05, 3.63) is 11.6 Å². The van der Waals surface area contributed by atoms with Crippen LogP contribution in [-0.4, -0.2) is 25.8 Å². The average molecular weight is 239 g/mol. The average Bonchev–Trinajstić information content (AvgIpc) is 2.43. The summed E-state index contributed by atoms with van der Waals surface area (Å²) in [5.74, 6) is 0.965. The smallest absolute Gasteiger partial charge is 0.303 e. The highest BCUT2D eigenvalue weighted by Crippen LogP contribution is 2.26. The Bertz CT molecular complexity index is 408. The quantitative estimate of drug-likeness (QED) is 0.855. The Labute approximate surface area is 102 Å². The fourth-order valence-corrected chi connectivity index (χ4v) is 2.11. The van der Waals surface area contributed by atoms with Gasteiger partial charge in [-0.15, -0.1) is 10.2 Å². The Balaban J connectivity index is 2.91. The standard InChI is InChI=1S/C12H21N3O2/c1-8(2)15-9(3)13-14-10(15)6-12(4,5)7-11(16)17/h8H,6-7H2,1-5H3,(H,16,17). The molecule has 0 aliphatic rings. The molecule has 0 saturated carbocycles. The molecule has 0 saturated heterocycles. The van der Waals surface area contributed by atoms with Crippen molar-refractivity contribution in [2.24, 2.45) is 5.41 Å². The van der Waals surface area contributed by atoms with Crippen molar-refractivity contribution < 1.29 is 9.90 Å². The van der Waals surface area contributed by atoms with Gasteiger partial charge in [-0.1, -0.05) is 13.8 Å². The number of carboxylic acid groups (broad SMARTS) is 1. The molecule has 1 aromatic rings. The Hall–Kier alpha value is -1.39. The Morgan fingerprint density at radius 3 is 2.47 bits per heavy atom. The maximum atomic E-state index is 10.8. The summed E-state index contributed by atoms with van der Waals surface area (Å²) in [6.45, 7) is 9.94. The summed E-state index contributed by atoms with van der Waals surface area (Å²) in [6, 6.07) is 0.292. The van der Waals surface area contributed by atoms with Crippen LogP contribution in [0.25, 0.3) is 0 Å². The Morgan fingerprint density at radius 1 is 1.41 bits per heavy atom. The van der Waals surface area contributed by atoms with Crippen molar-refractivity contribution in [1.29, 1.82) is 0 Å². The summed E-state index contributed by atoms with van der Waals surface area (Å²) in [4.78, 5) is 10.8. The second-order valence-electron chi connectivity index (χ2n) is 5.54. The molecule has 1 rings (SSSR count). The zero-order valence-electron chi connectivity index (χ0n) is 11.2. The van der Waals surface area contributed by atoms with Crippen molar-refractivity contribution in [3.63, 3.8) is 0 Å². The lowest BCUT2D eigenvalue weighted by atomic mass is 9.85. The molecule has 1 aromatic heterocycles. The van der Waals surface area contributed by atoms with E-state index in [1.165, 1.54) is 0 Å². The van der Waals surface area contributed by atoms with Gasteiger partial charge in [-0.3, -0.25) is 4.79 Å². The Kier molecular flexibility index (Phi) is 3.91. The number of nitrogens with zero attached hydrogens (tertiary/aromatic N) is 3. The third-order valence-corrected chi connectivity index (χ3v) is 2.72. The molecule has 1 heterocycles. The van der Waals surface area contributed by atoms with Gasteiger partial charge in [0.2, 0.25) is 0 Å². The van der Waals surface area contributed by atoms with E-state index in [-0.39, 0.29) is 11.8 Å². The van der Waals surface area contributed by atoms with E-state index >= 15 is 0 Å². The van der Waals surface area contributed by atoms with Crippen LogP contribution in [-0.2, 0) is 11.2 Å². The predicted molar refractivity (Wildman–Crippen MR) is 64.9 cm³/mol. The molecule has 0 aromatic carbocycles. The molecular weight excluding hydrogens is 218 g/mol. The SMILES string of the molecule is Cc1nnc(CC(C)(C)CC(=O)O)n1C(C)C. The first-order valence-electron chi connectivity index (χ1n) is 5.85. The summed E-state index contributed by atoms with van der Waals surface area (Å²) < 4.78 is 2.06. The van der Waals surface area contributed by atoms with Gasteiger partial charge < -0.3 is 9.67 Å². The summed E-state index contributed by atoms with van der Waals surface area (Å²) in [7, 11) is 0. The van der Waals surface area contributed by atoms with E-state index in [0.29, 0.717) is 12.5 Å². The van der Waals surface area contributed by atoms with Crippen LogP contribution in [0.4, 0.5) is 0 Å². The minimum Gasteiger partial charge on any atom is -0.481 e. The lowest BCUT2D eigenvalue weighted by Gasteiger charge is -2.23. The summed E-state index contributed by atoms with van der Waals surface area (Å²) in [6.07, 6.45) is 0.759. The van der Waals surface area contributed by atoms with Gasteiger partial charge in [0, 0.05) is 12.5 Å². The van der Waals surface area contributed by atoms with E-state index < -0.39 is 5.97 Å². The molecule has 0 aliphatic carbocycles. The van der Waals surface area contributed by atoms with Crippen molar-refractivity contribution in [2.75, 3.05) is 0 Å². The molecule has 0 aliphatic heterocycles. The maximum absolute atomic E-state index is 10.8. The summed E-state index contributed by atoms with van der Waals surface area (Å²) in [5.41, 5.74) is -0.308. The number of aryl methyl sites for hydroxylation is 1. The molecule has 0 bridgehead atoms. The number of hydrogen-bond donors (Lipinski definition) is 1. The highest BCUT2D eigenvalue weighted by atomic mass is 16.4. The van der Waals surface area contributed by atoms with Gasteiger partial charge in [0.05, 0.1) is 6.42 Å². The van der Waals surface area contributed by atoms with Crippen molar-refractivity contribution in [1.82, 2.24) is 14.8 Å². The van der Waals surface area contributed by atoms with Crippen LogP contribution in [0, 0.1) is 12.3 Å². The molecule has 0 amide bonds. The molecule has 1 N–H and O–H groups in total. The zero-order chi connectivity index (χ0) is 13.2. The van der Waals surface area contributed by atoms with Gasteiger partial charge in [-0.05, 0) is 26.2 Å². The first-order valence-corrected chi connectivity index (χ1v) is 5.85. The monoisotopic (exact) mass is 239 g/mol. The number of carboxylic acids is 1. The van der Waals surface area contributed by atoms with E-state index in [1.807, 2.05) is 20.8 Å². The number of rotatable bonds is 5. The zero-order valence-corrected chi connectivity index (χ0v) is 11.2. The van der Waals surface area contributed by atoms with E-state index in [9.17, 15) is 4.79 Å². The number of carbonyl (C=O) groups is 1. The third kappa shape index (κ3) is 3.54. The second-order valence-corrected chi connectivity index (χ2v) is 5.54. The van der Waals surface area contributed by atoms with E-state index in [0.717, 1.165) is 11.6 Å². The van der Waals surface area contributed by atoms with Gasteiger partial charge in [0.15, 0.2) is 0 Å². The number of aliphatic carboxylic acids is 1. The van der Waals surface area contributed by atoms with Gasteiger partial charge in [-0.25, -0.2) is 0 Å². The second kappa shape index (κ2) is 4.85. The van der Waals surface area contributed by atoms with Crippen LogP contribution in [0.5, 0.6) is 0 Å². The number of hydrogen-bond acceptors (Lipinski definition) is 3. The topological polar surface area (TPSA) is 68.0 Å². The molecule has 5 nitrogen and oxygen atoms in total. The van der Waals surface area contributed by atoms with Crippen LogP contribution < -0.4 is 0 Å². The molecule has 0 radical (unpaired) electrons. The van der Waals surface area contributed by atoms with Crippen LogP contribution in [0.15, 0.2) is 0 Å². The van der Waals surface area contributed by atoms with Gasteiger partial charge in [0.25, 0.3) is 0 Å². The lowest BCUT2D eigenvalue weighted by molar-refractivity contribution is -0.139. The summed E-state index contributed by atoms with van der Waals surface area (Å²) >= 11 is 0. The molecule has 0 unspecified atom stereocenters. The number of aromatic nitrogens is 3. The highest BCUT2D eigenvalue weighted by molar-refractivity contribution is 5.67. The van der Waals surface area contributed by atoms with Crippen LogP contribution >= 0.6 is 0 Å². The summed E-state index contributed by atoms with van der Waals surface area (Å²) in [5, 5.41) is 17.1. The van der Waals surface area contributed by atoms with E-state index in [2.05, 4.69) is 28.6 Å². The van der Waals surface area contributed by atoms with Gasteiger partial charge >= 0.3 is 5.97 Å². The molecule has 5 heteroatoms. The van der Waals surface area contributed by atoms with Crippen molar-refractivity contribution in [3.8, 4) is 0 Å². The maximum Gasteiger partial charge on any atom is 0.303 e. The van der Waals surface area contributed by atoms with Crippen LogP contribution in [0.3, 0.4) is 0 Å².